The van der Waals surface area contributed by atoms with Crippen LogP contribution in [0.4, 0.5) is 14.5 Å². The standard InChI is InChI=1S/C21H19F2N3O3S/c1-2-26(10-19(27)25-20-17(22)7-4-8-18(20)23)21(28)14-5-3-6-16(9-14)29-11-15-12-30-13-24-15/h3-9,12-13H,2,10-11H2,1H3,(H,25,27). The molecule has 0 saturated heterocycles. The molecule has 0 aliphatic rings. The molecule has 30 heavy (non-hydrogen) atoms. The van der Waals surface area contributed by atoms with Crippen molar-refractivity contribution in [2.45, 2.75) is 13.5 Å². The molecule has 0 atom stereocenters. The van der Waals surface area contributed by atoms with Crippen molar-refractivity contribution in [3.8, 4) is 5.75 Å². The Morgan fingerprint density at radius 3 is 2.57 bits per heavy atom. The van der Waals surface area contributed by atoms with Gasteiger partial charge in [-0.15, -0.1) is 11.3 Å². The number of likely N-dealkylation sites (N-methyl/N-ethyl adjacent to an activating group) is 1. The fourth-order valence-corrected chi connectivity index (χ4v) is 3.21. The van der Waals surface area contributed by atoms with Crippen LogP contribution in [-0.4, -0.2) is 34.8 Å². The van der Waals surface area contributed by atoms with Gasteiger partial charge in [-0.25, -0.2) is 13.8 Å². The van der Waals surface area contributed by atoms with Gasteiger partial charge in [-0.2, -0.15) is 0 Å². The molecule has 0 aliphatic heterocycles. The molecule has 0 aliphatic carbocycles. The SMILES string of the molecule is CCN(CC(=O)Nc1c(F)cccc1F)C(=O)c1cccc(OCc2cscn2)c1. The second-order valence-corrected chi connectivity index (χ2v) is 6.98. The lowest BCUT2D eigenvalue weighted by molar-refractivity contribution is -0.116. The smallest absolute Gasteiger partial charge is 0.254 e. The van der Waals surface area contributed by atoms with E-state index < -0.39 is 29.1 Å². The van der Waals surface area contributed by atoms with Gasteiger partial charge in [0.05, 0.1) is 11.2 Å². The lowest BCUT2D eigenvalue weighted by atomic mass is 10.2. The number of rotatable bonds is 8. The zero-order valence-electron chi connectivity index (χ0n) is 16.1. The minimum atomic E-state index is -0.886. The van der Waals surface area contributed by atoms with E-state index in [2.05, 4.69) is 10.3 Å². The van der Waals surface area contributed by atoms with E-state index in [1.165, 1.54) is 22.3 Å². The molecule has 0 spiro atoms. The van der Waals surface area contributed by atoms with Crippen LogP contribution < -0.4 is 10.1 Å². The Bertz CT molecular complexity index is 1010. The summed E-state index contributed by atoms with van der Waals surface area (Å²) in [6.07, 6.45) is 0. The van der Waals surface area contributed by atoms with Gasteiger partial charge in [0.2, 0.25) is 5.91 Å². The van der Waals surface area contributed by atoms with Crippen molar-refractivity contribution in [1.82, 2.24) is 9.88 Å². The maximum Gasteiger partial charge on any atom is 0.254 e. The quantitative estimate of drug-likeness (QED) is 0.583. The summed E-state index contributed by atoms with van der Waals surface area (Å²) < 4.78 is 33.1. The summed E-state index contributed by atoms with van der Waals surface area (Å²) in [6.45, 7) is 1.86. The fraction of sp³-hybridized carbons (Fsp3) is 0.190. The first-order valence-corrected chi connectivity index (χ1v) is 10.0. The Balaban J connectivity index is 1.65. The minimum Gasteiger partial charge on any atom is -0.487 e. The summed E-state index contributed by atoms with van der Waals surface area (Å²) in [5, 5.41) is 4.05. The lowest BCUT2D eigenvalue weighted by Crippen LogP contribution is -2.38. The van der Waals surface area contributed by atoms with Crippen LogP contribution in [0.3, 0.4) is 0 Å². The van der Waals surface area contributed by atoms with Crippen LogP contribution in [0, 0.1) is 11.6 Å². The van der Waals surface area contributed by atoms with Gasteiger partial charge in [-0.1, -0.05) is 12.1 Å². The van der Waals surface area contributed by atoms with Gasteiger partial charge in [0.1, 0.15) is 36.2 Å². The number of hydrogen-bond acceptors (Lipinski definition) is 5. The highest BCUT2D eigenvalue weighted by Gasteiger charge is 2.20. The van der Waals surface area contributed by atoms with Gasteiger partial charge in [-0.05, 0) is 37.3 Å². The molecule has 0 bridgehead atoms. The highest BCUT2D eigenvalue weighted by atomic mass is 32.1. The van der Waals surface area contributed by atoms with Gasteiger partial charge in [0, 0.05) is 17.5 Å². The molecule has 2 amide bonds. The average Bonchev–Trinajstić information content (AvgIpc) is 3.27. The number of hydrogen-bond donors (Lipinski definition) is 1. The highest BCUT2D eigenvalue weighted by molar-refractivity contribution is 7.07. The van der Waals surface area contributed by atoms with Gasteiger partial charge in [0.15, 0.2) is 0 Å². The van der Waals surface area contributed by atoms with Crippen LogP contribution in [0.25, 0.3) is 0 Å². The van der Waals surface area contributed by atoms with Gasteiger partial charge < -0.3 is 15.0 Å². The van der Waals surface area contributed by atoms with Crippen LogP contribution in [0.5, 0.6) is 5.75 Å². The molecule has 6 nitrogen and oxygen atoms in total. The maximum absolute atomic E-state index is 13.7. The number of para-hydroxylation sites is 1. The molecule has 9 heteroatoms. The summed E-state index contributed by atoms with van der Waals surface area (Å²) in [6, 6.07) is 9.85. The Hall–Kier alpha value is -3.33. The third-order valence-electron chi connectivity index (χ3n) is 4.18. The Morgan fingerprint density at radius 2 is 1.90 bits per heavy atom. The van der Waals surface area contributed by atoms with E-state index in [-0.39, 0.29) is 19.7 Å². The predicted octanol–water partition coefficient (Wildman–Crippen LogP) is 4.10. The van der Waals surface area contributed by atoms with Crippen molar-refractivity contribution in [2.24, 2.45) is 0 Å². The Kier molecular flexibility index (Phi) is 7.08. The van der Waals surface area contributed by atoms with Gasteiger partial charge in [-0.3, -0.25) is 9.59 Å². The third kappa shape index (κ3) is 5.38. The zero-order chi connectivity index (χ0) is 21.5. The largest absolute Gasteiger partial charge is 0.487 e. The maximum atomic E-state index is 13.7. The number of carbonyl (C=O) groups is 2. The van der Waals surface area contributed by atoms with E-state index >= 15 is 0 Å². The van der Waals surface area contributed by atoms with Crippen molar-refractivity contribution in [3.63, 3.8) is 0 Å². The summed E-state index contributed by atoms with van der Waals surface area (Å²) in [5.74, 6) is -2.39. The molecule has 0 radical (unpaired) electrons. The Morgan fingerprint density at radius 1 is 1.17 bits per heavy atom. The minimum absolute atomic E-state index is 0.232. The average molecular weight is 431 g/mol. The van der Waals surface area contributed by atoms with E-state index in [0.717, 1.165) is 17.8 Å². The molecule has 1 heterocycles. The van der Waals surface area contributed by atoms with Crippen molar-refractivity contribution in [2.75, 3.05) is 18.4 Å². The van der Waals surface area contributed by atoms with Crippen molar-refractivity contribution < 1.29 is 23.1 Å². The number of benzene rings is 2. The number of halogens is 2. The molecule has 3 aromatic rings. The summed E-state index contributed by atoms with van der Waals surface area (Å²) >= 11 is 1.46. The molecule has 0 unspecified atom stereocenters. The first kappa shape index (κ1) is 21.4. The van der Waals surface area contributed by atoms with E-state index in [1.54, 1.807) is 36.7 Å². The lowest BCUT2D eigenvalue weighted by Gasteiger charge is -2.21. The summed E-state index contributed by atoms with van der Waals surface area (Å²) in [5.41, 5.74) is 2.28. The molecular formula is C21H19F2N3O3S. The van der Waals surface area contributed by atoms with Crippen LogP contribution >= 0.6 is 11.3 Å². The predicted molar refractivity (Wildman–Crippen MR) is 109 cm³/mol. The third-order valence-corrected chi connectivity index (χ3v) is 4.82. The normalized spacial score (nSPS) is 10.5. The first-order chi connectivity index (χ1) is 14.5. The summed E-state index contributed by atoms with van der Waals surface area (Å²) in [4.78, 5) is 30.5. The monoisotopic (exact) mass is 431 g/mol. The Labute approximate surface area is 176 Å². The number of aromatic nitrogens is 1. The molecule has 3 rings (SSSR count). The number of amides is 2. The van der Waals surface area contributed by atoms with Crippen LogP contribution in [0.15, 0.2) is 53.4 Å². The van der Waals surface area contributed by atoms with Gasteiger partial charge in [0.25, 0.3) is 5.91 Å². The highest BCUT2D eigenvalue weighted by Crippen LogP contribution is 2.19. The first-order valence-electron chi connectivity index (χ1n) is 9.11. The second-order valence-electron chi connectivity index (χ2n) is 6.26. The topological polar surface area (TPSA) is 71.5 Å². The van der Waals surface area contributed by atoms with Crippen molar-refractivity contribution in [3.05, 3.63) is 76.2 Å². The number of carbonyl (C=O) groups excluding carboxylic acids is 2. The van der Waals surface area contributed by atoms with Crippen molar-refractivity contribution >= 4 is 28.8 Å². The second kappa shape index (κ2) is 9.93. The molecule has 1 aromatic heterocycles. The van der Waals surface area contributed by atoms with Gasteiger partial charge >= 0.3 is 0 Å². The number of thiazole rings is 1. The van der Waals surface area contributed by atoms with Crippen LogP contribution in [0.2, 0.25) is 0 Å². The zero-order valence-corrected chi connectivity index (χ0v) is 16.9. The molecule has 156 valence electrons. The molecule has 0 fully saturated rings. The van der Waals surface area contributed by atoms with Crippen LogP contribution in [0.1, 0.15) is 23.0 Å². The summed E-state index contributed by atoms with van der Waals surface area (Å²) in [7, 11) is 0. The van der Waals surface area contributed by atoms with E-state index in [0.29, 0.717) is 11.3 Å². The number of anilines is 1. The number of ether oxygens (including phenoxy) is 1. The fourth-order valence-electron chi connectivity index (χ4n) is 2.66. The molecule has 2 aromatic carbocycles. The van der Waals surface area contributed by atoms with Crippen molar-refractivity contribution in [1.29, 1.82) is 0 Å². The molecule has 1 N–H and O–H groups in total. The molecular weight excluding hydrogens is 412 g/mol. The van der Waals surface area contributed by atoms with E-state index in [4.69, 9.17) is 4.74 Å². The molecule has 0 saturated carbocycles. The van der Waals surface area contributed by atoms with E-state index in [9.17, 15) is 18.4 Å². The number of nitrogens with one attached hydrogen (secondary N) is 1. The van der Waals surface area contributed by atoms with E-state index in [1.807, 2.05) is 5.38 Å². The van der Waals surface area contributed by atoms with Crippen LogP contribution in [-0.2, 0) is 11.4 Å². The number of nitrogens with zero attached hydrogens (tertiary/aromatic N) is 2.